The Morgan fingerprint density at radius 1 is 1.13 bits per heavy atom. The Hall–Kier alpha value is -3.66. The van der Waals surface area contributed by atoms with Crippen LogP contribution in [0.25, 0.3) is 0 Å². The Kier molecular flexibility index (Phi) is 6.27. The molecule has 1 aliphatic heterocycles. The van der Waals surface area contributed by atoms with Gasteiger partial charge in [-0.2, -0.15) is 5.26 Å². The van der Waals surface area contributed by atoms with Gasteiger partial charge in [0.05, 0.1) is 18.2 Å². The number of hydrogen-bond acceptors (Lipinski definition) is 6. The fourth-order valence-electron chi connectivity index (χ4n) is 3.69. The molecular formula is C24H25N5O2. The van der Waals surface area contributed by atoms with Gasteiger partial charge in [-0.15, -0.1) is 0 Å². The summed E-state index contributed by atoms with van der Waals surface area (Å²) in [5.41, 5.74) is 2.51. The first-order chi connectivity index (χ1) is 15.1. The van der Waals surface area contributed by atoms with Gasteiger partial charge in [0.25, 0.3) is 5.56 Å². The van der Waals surface area contributed by atoms with Crippen LogP contribution in [0.2, 0.25) is 0 Å². The van der Waals surface area contributed by atoms with Crippen molar-refractivity contribution in [2.45, 2.75) is 38.8 Å². The lowest BCUT2D eigenvalue weighted by Gasteiger charge is -2.32. The Morgan fingerprint density at radius 3 is 2.58 bits per heavy atom. The topological polar surface area (TPSA) is 84.0 Å². The Labute approximate surface area is 181 Å². The number of aryl methyl sites for hydroxylation is 1. The van der Waals surface area contributed by atoms with E-state index in [2.05, 4.69) is 27.9 Å². The van der Waals surface area contributed by atoms with Crippen molar-refractivity contribution in [3.8, 4) is 11.8 Å². The molecule has 0 amide bonds. The second-order valence-electron chi connectivity index (χ2n) is 7.69. The lowest BCUT2D eigenvalue weighted by atomic mass is 10.1. The number of hydrogen-bond donors (Lipinski definition) is 0. The first kappa shape index (κ1) is 20.6. The zero-order valence-electron chi connectivity index (χ0n) is 17.6. The fourth-order valence-corrected chi connectivity index (χ4v) is 3.69. The van der Waals surface area contributed by atoms with Gasteiger partial charge in [-0.25, -0.2) is 9.97 Å². The second kappa shape index (κ2) is 9.43. The summed E-state index contributed by atoms with van der Waals surface area (Å²) in [5.74, 6) is 1.35. The van der Waals surface area contributed by atoms with Gasteiger partial charge in [0.1, 0.15) is 11.9 Å². The molecule has 0 bridgehead atoms. The summed E-state index contributed by atoms with van der Waals surface area (Å²) in [6.07, 6.45) is 8.21. The Bertz CT molecular complexity index is 1130. The molecule has 7 heteroatoms. The van der Waals surface area contributed by atoms with Crippen molar-refractivity contribution in [1.29, 1.82) is 5.26 Å². The van der Waals surface area contributed by atoms with E-state index in [1.165, 1.54) is 6.07 Å². The molecule has 3 heterocycles. The zero-order chi connectivity index (χ0) is 21.6. The van der Waals surface area contributed by atoms with Gasteiger partial charge in [-0.05, 0) is 35.7 Å². The molecule has 3 aromatic rings. The summed E-state index contributed by atoms with van der Waals surface area (Å²) in [7, 11) is 0. The molecule has 0 N–H and O–H groups in total. The van der Waals surface area contributed by atoms with Crippen molar-refractivity contribution in [3.05, 3.63) is 82.0 Å². The molecule has 158 valence electrons. The monoisotopic (exact) mass is 415 g/mol. The molecule has 31 heavy (non-hydrogen) atoms. The lowest BCUT2D eigenvalue weighted by molar-refractivity contribution is 0.170. The summed E-state index contributed by atoms with van der Waals surface area (Å²) >= 11 is 0. The van der Waals surface area contributed by atoms with E-state index >= 15 is 0 Å². The second-order valence-corrected chi connectivity index (χ2v) is 7.69. The minimum atomic E-state index is -0.123. The van der Waals surface area contributed by atoms with Crippen molar-refractivity contribution in [3.63, 3.8) is 0 Å². The van der Waals surface area contributed by atoms with E-state index in [0.29, 0.717) is 17.9 Å². The first-order valence-electron chi connectivity index (χ1n) is 10.6. The highest BCUT2D eigenvalue weighted by Gasteiger charge is 2.22. The standard InChI is InChI=1S/C24H25N5O2/c1-2-18-15-26-24(27-16-18)28-9-6-21(7-10-28)31-22-8-11-29(23(30)13-22)17-20-5-3-4-19(12-20)14-25/h3-5,8,11-13,15-16,21H,2,6-7,9-10,17H2,1H3. The third-order valence-corrected chi connectivity index (χ3v) is 5.50. The van der Waals surface area contributed by atoms with Crippen LogP contribution >= 0.6 is 0 Å². The summed E-state index contributed by atoms with van der Waals surface area (Å²) in [6.45, 7) is 4.15. The number of rotatable bonds is 6. The van der Waals surface area contributed by atoms with E-state index in [1.54, 1.807) is 22.9 Å². The van der Waals surface area contributed by atoms with Crippen molar-refractivity contribution in [1.82, 2.24) is 14.5 Å². The molecule has 0 atom stereocenters. The minimum Gasteiger partial charge on any atom is -0.490 e. The highest BCUT2D eigenvalue weighted by atomic mass is 16.5. The van der Waals surface area contributed by atoms with Crippen molar-refractivity contribution in [2.24, 2.45) is 0 Å². The maximum atomic E-state index is 12.5. The minimum absolute atomic E-state index is 0.0636. The summed E-state index contributed by atoms with van der Waals surface area (Å²) in [6, 6.07) is 12.8. The average molecular weight is 415 g/mol. The van der Waals surface area contributed by atoms with Gasteiger partial charge in [0, 0.05) is 50.6 Å². The van der Waals surface area contributed by atoms with Gasteiger partial charge >= 0.3 is 0 Å². The van der Waals surface area contributed by atoms with Gasteiger partial charge in [-0.1, -0.05) is 19.1 Å². The zero-order valence-corrected chi connectivity index (χ0v) is 17.6. The molecule has 1 saturated heterocycles. The summed E-state index contributed by atoms with van der Waals surface area (Å²) in [4.78, 5) is 23.6. The first-order valence-corrected chi connectivity index (χ1v) is 10.6. The van der Waals surface area contributed by atoms with E-state index in [1.807, 2.05) is 30.6 Å². The quantitative estimate of drug-likeness (QED) is 0.615. The average Bonchev–Trinajstić information content (AvgIpc) is 2.81. The predicted molar refractivity (Wildman–Crippen MR) is 118 cm³/mol. The Morgan fingerprint density at radius 2 is 1.90 bits per heavy atom. The van der Waals surface area contributed by atoms with Crippen LogP contribution in [0, 0.1) is 11.3 Å². The fraction of sp³-hybridized carbons (Fsp3) is 0.333. The maximum absolute atomic E-state index is 12.5. The van der Waals surface area contributed by atoms with E-state index < -0.39 is 0 Å². The van der Waals surface area contributed by atoms with Crippen LogP contribution in [0.15, 0.2) is 59.8 Å². The van der Waals surface area contributed by atoms with Crippen molar-refractivity contribution < 1.29 is 4.74 Å². The van der Waals surface area contributed by atoms with Crippen LogP contribution in [0.3, 0.4) is 0 Å². The molecule has 4 rings (SSSR count). The number of nitrogens with zero attached hydrogens (tertiary/aromatic N) is 5. The SMILES string of the molecule is CCc1cnc(N2CCC(Oc3ccn(Cc4cccc(C#N)c4)c(=O)c3)CC2)nc1. The van der Waals surface area contributed by atoms with Gasteiger partial charge in [0.15, 0.2) is 0 Å². The van der Waals surface area contributed by atoms with E-state index in [-0.39, 0.29) is 11.7 Å². The molecule has 1 aromatic carbocycles. The number of piperidine rings is 1. The molecular weight excluding hydrogens is 390 g/mol. The predicted octanol–water partition coefficient (Wildman–Crippen LogP) is 3.17. The van der Waals surface area contributed by atoms with Crippen LogP contribution in [0.4, 0.5) is 5.95 Å². The van der Waals surface area contributed by atoms with Gasteiger partial charge in [-0.3, -0.25) is 4.79 Å². The molecule has 0 radical (unpaired) electrons. The lowest BCUT2D eigenvalue weighted by Crippen LogP contribution is -2.39. The van der Waals surface area contributed by atoms with Gasteiger partial charge < -0.3 is 14.2 Å². The van der Waals surface area contributed by atoms with E-state index in [0.717, 1.165) is 49.4 Å². The van der Waals surface area contributed by atoms with E-state index in [4.69, 9.17) is 10.00 Å². The highest BCUT2D eigenvalue weighted by Crippen LogP contribution is 2.20. The van der Waals surface area contributed by atoms with E-state index in [9.17, 15) is 4.79 Å². The number of ether oxygens (including phenoxy) is 1. The molecule has 0 unspecified atom stereocenters. The Balaban J connectivity index is 1.34. The number of nitriles is 1. The van der Waals surface area contributed by atoms with Crippen LogP contribution in [0.1, 0.15) is 36.5 Å². The largest absolute Gasteiger partial charge is 0.490 e. The molecule has 0 aliphatic carbocycles. The molecule has 2 aromatic heterocycles. The highest BCUT2D eigenvalue weighted by molar-refractivity contribution is 5.33. The normalized spacial score (nSPS) is 14.3. The third-order valence-electron chi connectivity index (χ3n) is 5.50. The maximum Gasteiger partial charge on any atom is 0.254 e. The molecule has 0 saturated carbocycles. The summed E-state index contributed by atoms with van der Waals surface area (Å²) < 4.78 is 7.69. The molecule has 0 spiro atoms. The molecule has 7 nitrogen and oxygen atoms in total. The summed E-state index contributed by atoms with van der Waals surface area (Å²) in [5, 5.41) is 9.03. The van der Waals surface area contributed by atoms with Crippen LogP contribution in [-0.2, 0) is 13.0 Å². The van der Waals surface area contributed by atoms with Crippen LogP contribution < -0.4 is 15.2 Å². The third kappa shape index (κ3) is 5.10. The van der Waals surface area contributed by atoms with Crippen LogP contribution in [-0.4, -0.2) is 33.7 Å². The van der Waals surface area contributed by atoms with Crippen LogP contribution in [0.5, 0.6) is 5.75 Å². The van der Waals surface area contributed by atoms with Crippen molar-refractivity contribution in [2.75, 3.05) is 18.0 Å². The van der Waals surface area contributed by atoms with Gasteiger partial charge in [0.2, 0.25) is 5.95 Å². The number of anilines is 1. The number of pyridine rings is 1. The number of benzene rings is 1. The van der Waals surface area contributed by atoms with Crippen molar-refractivity contribution >= 4 is 5.95 Å². The molecule has 1 aliphatic rings. The number of aromatic nitrogens is 3. The molecule has 1 fully saturated rings. The smallest absolute Gasteiger partial charge is 0.254 e.